The topological polar surface area (TPSA) is 115 Å². The van der Waals surface area contributed by atoms with E-state index in [1.54, 1.807) is 19.2 Å². The van der Waals surface area contributed by atoms with Gasteiger partial charge >= 0.3 is 6.09 Å². The molecular weight excluding hydrogens is 449 g/mol. The molecule has 3 unspecified atom stereocenters. The first-order valence-electron chi connectivity index (χ1n) is 10.6. The van der Waals surface area contributed by atoms with E-state index in [9.17, 15) is 13.6 Å². The van der Waals surface area contributed by atoms with Crippen molar-refractivity contribution >= 4 is 27.4 Å². The number of aliphatic imine (C=N–C) groups is 1. The summed E-state index contributed by atoms with van der Waals surface area (Å²) in [5, 5.41) is 21.4. The van der Waals surface area contributed by atoms with Crippen LogP contribution < -0.4 is 10.6 Å². The number of alkyl halides is 2. The van der Waals surface area contributed by atoms with Crippen molar-refractivity contribution in [3.8, 4) is 18.4 Å². The molecule has 0 radical (unpaired) electrons. The summed E-state index contributed by atoms with van der Waals surface area (Å²) >= 11 is 0. The van der Waals surface area contributed by atoms with Crippen molar-refractivity contribution in [3.05, 3.63) is 23.5 Å². The Morgan fingerprint density at radius 3 is 2.88 bits per heavy atom. The molecule has 0 saturated heterocycles. The molecule has 1 saturated carbocycles. The van der Waals surface area contributed by atoms with E-state index in [1.807, 2.05) is 19.1 Å². The Hall–Kier alpha value is -2.97. The number of hydrogen-bond acceptors (Lipinski definition) is 6. The van der Waals surface area contributed by atoms with Gasteiger partial charge in [0.15, 0.2) is 0 Å². The number of ether oxygens (including phenoxy) is 1. The van der Waals surface area contributed by atoms with Crippen molar-refractivity contribution in [2.75, 3.05) is 18.4 Å². The van der Waals surface area contributed by atoms with E-state index in [2.05, 4.69) is 31.7 Å². The Bertz CT molecular complexity index is 883. The number of carbonyl (C=O) groups excluding carboxylic acids is 1. The third-order valence-corrected chi connectivity index (χ3v) is 4.91. The lowest BCUT2D eigenvalue weighted by atomic mass is 10.0. The summed E-state index contributed by atoms with van der Waals surface area (Å²) in [4.78, 5) is 15.7. The van der Waals surface area contributed by atoms with Crippen LogP contribution in [0.15, 0.2) is 22.8 Å². The first kappa shape index (κ1) is 28.1. The number of nitrogens with zero attached hydrogens (tertiary/aromatic N) is 3. The number of amides is 1. The lowest BCUT2D eigenvalue weighted by Crippen LogP contribution is -2.30. The van der Waals surface area contributed by atoms with E-state index in [-0.39, 0.29) is 18.6 Å². The number of nitriles is 1. The number of rotatable bonds is 9. The van der Waals surface area contributed by atoms with Crippen molar-refractivity contribution in [1.29, 1.82) is 5.26 Å². The Balaban J connectivity index is 0.00000125. The van der Waals surface area contributed by atoms with Gasteiger partial charge in [-0.05, 0) is 26.2 Å². The van der Waals surface area contributed by atoms with Crippen molar-refractivity contribution < 1.29 is 18.3 Å². The Morgan fingerprint density at radius 1 is 1.55 bits per heavy atom. The van der Waals surface area contributed by atoms with E-state index < -0.39 is 18.2 Å². The molecule has 33 heavy (non-hydrogen) atoms. The molecule has 1 aliphatic carbocycles. The average Bonchev–Trinajstić information content (AvgIpc) is 3.42. The predicted molar refractivity (Wildman–Crippen MR) is 128 cm³/mol. The van der Waals surface area contributed by atoms with Crippen LogP contribution in [-0.4, -0.2) is 47.4 Å². The SMILES string of the molecule is C#CCC.C/C=C(/C#N)N=CCNc1cc(C2CCC(OC(=O)NCCC(F)(F)P)C2)[nH]n1. The molecule has 1 aromatic heterocycles. The number of aromatic nitrogens is 2. The molecule has 11 heteroatoms. The van der Waals surface area contributed by atoms with Crippen LogP contribution in [0.4, 0.5) is 19.4 Å². The normalized spacial score (nSPS) is 18.1. The van der Waals surface area contributed by atoms with Gasteiger partial charge in [0.2, 0.25) is 0 Å². The molecule has 0 spiro atoms. The number of nitrogens with one attached hydrogen (secondary N) is 3. The first-order chi connectivity index (χ1) is 15.7. The zero-order chi connectivity index (χ0) is 24.7. The fourth-order valence-electron chi connectivity index (χ4n) is 2.95. The molecule has 1 amide bonds. The summed E-state index contributed by atoms with van der Waals surface area (Å²) in [7, 11) is 1.44. The van der Waals surface area contributed by atoms with Gasteiger partial charge in [0.05, 0.1) is 6.54 Å². The maximum absolute atomic E-state index is 12.7. The summed E-state index contributed by atoms with van der Waals surface area (Å²) < 4.78 is 30.7. The van der Waals surface area contributed by atoms with Gasteiger partial charge in [-0.15, -0.1) is 12.3 Å². The number of anilines is 1. The highest BCUT2D eigenvalue weighted by Crippen LogP contribution is 2.35. The standard InChI is InChI=1S/C18H25F2N6O2P.C4H6/c1-2-13(11-21)22-7-8-23-16-10-15(25-26-16)12-3-4-14(9-12)28-17(27)24-6-5-18(19,20)29;1-3-4-2/h2,7,10,12,14H,3-6,8-9,29H2,1H3,(H,24,27)(H2,23,25,26);1H,4H2,2H3/b13-2-,22-7?;. The minimum absolute atomic E-state index is 0.145. The smallest absolute Gasteiger partial charge is 0.407 e. The summed E-state index contributed by atoms with van der Waals surface area (Å²) in [5.74, 6) is 3.26. The minimum Gasteiger partial charge on any atom is -0.446 e. The number of terminal acetylenes is 1. The lowest BCUT2D eigenvalue weighted by Gasteiger charge is -2.14. The molecule has 8 nitrogen and oxygen atoms in total. The maximum Gasteiger partial charge on any atom is 0.407 e. The van der Waals surface area contributed by atoms with Gasteiger partial charge in [0, 0.05) is 43.3 Å². The first-order valence-corrected chi connectivity index (χ1v) is 11.2. The summed E-state index contributed by atoms with van der Waals surface area (Å²) in [6.07, 6.45) is 9.63. The molecule has 3 N–H and O–H groups in total. The van der Waals surface area contributed by atoms with Crippen LogP contribution >= 0.6 is 9.24 Å². The molecule has 180 valence electrons. The largest absolute Gasteiger partial charge is 0.446 e. The van der Waals surface area contributed by atoms with Gasteiger partial charge in [-0.3, -0.25) is 5.10 Å². The van der Waals surface area contributed by atoms with E-state index in [4.69, 9.17) is 16.4 Å². The van der Waals surface area contributed by atoms with Crippen molar-refractivity contribution in [3.63, 3.8) is 0 Å². The number of alkyl carbamates (subject to hydrolysis) is 1. The van der Waals surface area contributed by atoms with E-state index in [0.29, 0.717) is 30.9 Å². The van der Waals surface area contributed by atoms with Crippen molar-refractivity contribution in [1.82, 2.24) is 15.5 Å². The van der Waals surface area contributed by atoms with Gasteiger partial charge in [-0.25, -0.2) is 18.6 Å². The zero-order valence-electron chi connectivity index (χ0n) is 18.9. The molecule has 3 atom stereocenters. The van der Waals surface area contributed by atoms with Gasteiger partial charge in [-0.1, -0.05) is 22.2 Å². The Labute approximate surface area is 195 Å². The number of hydrogen-bond donors (Lipinski definition) is 3. The molecule has 2 rings (SSSR count). The quantitative estimate of drug-likeness (QED) is 0.207. The summed E-state index contributed by atoms with van der Waals surface area (Å²) in [5.41, 5.74) is -1.61. The third-order valence-electron chi connectivity index (χ3n) is 4.62. The lowest BCUT2D eigenvalue weighted by molar-refractivity contribution is 0.0843. The van der Waals surface area contributed by atoms with Crippen molar-refractivity contribution in [2.24, 2.45) is 4.99 Å². The van der Waals surface area contributed by atoms with Crippen LogP contribution in [0.3, 0.4) is 0 Å². The molecule has 0 bridgehead atoms. The molecule has 0 aliphatic heterocycles. The monoisotopic (exact) mass is 480 g/mol. The summed E-state index contributed by atoms with van der Waals surface area (Å²) in [6, 6.07) is 3.86. The zero-order valence-corrected chi connectivity index (χ0v) is 20.1. The van der Waals surface area contributed by atoms with Crippen LogP contribution in [0.5, 0.6) is 0 Å². The van der Waals surface area contributed by atoms with Crippen LogP contribution in [0.1, 0.15) is 57.6 Å². The van der Waals surface area contributed by atoms with Gasteiger partial charge in [0.1, 0.15) is 23.7 Å². The molecule has 1 aliphatic rings. The molecular formula is C22H31F2N6O2P. The van der Waals surface area contributed by atoms with E-state index in [1.165, 1.54) is 9.24 Å². The van der Waals surface area contributed by atoms with Crippen LogP contribution in [-0.2, 0) is 4.74 Å². The number of allylic oxidation sites excluding steroid dienone is 2. The highest BCUT2D eigenvalue weighted by atomic mass is 31.0. The average molecular weight is 481 g/mol. The van der Waals surface area contributed by atoms with E-state index >= 15 is 0 Å². The fraction of sp³-hybridized carbons (Fsp3) is 0.545. The Morgan fingerprint density at radius 2 is 2.27 bits per heavy atom. The minimum atomic E-state index is -2.89. The van der Waals surface area contributed by atoms with Crippen LogP contribution in [0.25, 0.3) is 0 Å². The fourth-order valence-corrected chi connectivity index (χ4v) is 3.10. The molecule has 0 aromatic carbocycles. The number of halogens is 2. The molecule has 1 aromatic rings. The van der Waals surface area contributed by atoms with Gasteiger partial charge in [-0.2, -0.15) is 10.4 Å². The maximum atomic E-state index is 12.7. The third kappa shape index (κ3) is 12.0. The molecule has 1 fully saturated rings. The van der Waals surface area contributed by atoms with Crippen LogP contribution in [0.2, 0.25) is 0 Å². The van der Waals surface area contributed by atoms with Crippen LogP contribution in [0, 0.1) is 23.7 Å². The number of carbonyl (C=O) groups is 1. The van der Waals surface area contributed by atoms with Crippen molar-refractivity contribution in [2.45, 2.75) is 63.6 Å². The predicted octanol–water partition coefficient (Wildman–Crippen LogP) is 4.57. The highest BCUT2D eigenvalue weighted by molar-refractivity contribution is 7.18. The second kappa shape index (κ2) is 15.0. The number of aromatic amines is 1. The van der Waals surface area contributed by atoms with Gasteiger partial charge < -0.3 is 15.4 Å². The Kier molecular flexibility index (Phi) is 12.7. The van der Waals surface area contributed by atoms with Gasteiger partial charge in [0.25, 0.3) is 5.66 Å². The molecule has 1 heterocycles. The highest BCUT2D eigenvalue weighted by Gasteiger charge is 2.30. The summed E-state index contributed by atoms with van der Waals surface area (Å²) in [6.45, 7) is 3.97. The number of H-pyrrole nitrogens is 1. The van der Waals surface area contributed by atoms with E-state index in [0.717, 1.165) is 18.5 Å². The second-order valence-electron chi connectivity index (χ2n) is 7.22. The second-order valence-corrected chi connectivity index (χ2v) is 8.06.